The summed E-state index contributed by atoms with van der Waals surface area (Å²) in [4.78, 5) is 24.3. The van der Waals surface area contributed by atoms with Crippen LogP contribution in [0.25, 0.3) is 10.9 Å². The summed E-state index contributed by atoms with van der Waals surface area (Å²) in [6, 6.07) is 17.6. The van der Waals surface area contributed by atoms with E-state index in [1.54, 1.807) is 7.11 Å². The molecule has 44 heavy (non-hydrogen) atoms. The maximum Gasteiger partial charge on any atom is 0.416 e. The fourth-order valence-electron chi connectivity index (χ4n) is 6.51. The Kier molecular flexibility index (Phi) is 8.64. The number of benzene rings is 2. The van der Waals surface area contributed by atoms with Crippen LogP contribution in [0.15, 0.2) is 66.9 Å². The van der Waals surface area contributed by atoms with Gasteiger partial charge in [-0.1, -0.05) is 18.2 Å². The number of amides is 1. The van der Waals surface area contributed by atoms with E-state index in [4.69, 9.17) is 4.74 Å². The van der Waals surface area contributed by atoms with Gasteiger partial charge in [0.05, 0.1) is 12.7 Å². The van der Waals surface area contributed by atoms with E-state index in [1.807, 2.05) is 29.3 Å². The van der Waals surface area contributed by atoms with Gasteiger partial charge in [-0.15, -0.1) is 0 Å². The number of halogens is 3. The molecule has 2 aromatic heterocycles. The number of carbonyl (C=O) groups is 1. The summed E-state index contributed by atoms with van der Waals surface area (Å²) >= 11 is 0. The number of hydrogen-bond acceptors (Lipinski definition) is 5. The van der Waals surface area contributed by atoms with Crippen LogP contribution in [0, 0.1) is 0 Å². The SMILES string of the molecule is COc1ccc(CN2CCC(c3cc4cc(C(=O)N5CCN(Cc6ccc(C(F)(F)F)cc6)CC5)ccc4n3C)CC2)cn1. The van der Waals surface area contributed by atoms with Crippen LogP contribution in [-0.4, -0.2) is 76.5 Å². The molecule has 2 aliphatic heterocycles. The molecular formula is C34H38F3N5O2. The number of aromatic nitrogens is 2. The molecule has 232 valence electrons. The summed E-state index contributed by atoms with van der Waals surface area (Å²) in [5, 5.41) is 1.08. The zero-order valence-electron chi connectivity index (χ0n) is 25.2. The fraction of sp³-hybridized carbons (Fsp3) is 0.412. The maximum atomic E-state index is 13.4. The number of rotatable bonds is 7. The second-order valence-corrected chi connectivity index (χ2v) is 11.9. The Morgan fingerprint density at radius 3 is 2.16 bits per heavy atom. The normalized spacial score (nSPS) is 17.3. The van der Waals surface area contributed by atoms with Gasteiger partial charge in [-0.25, -0.2) is 4.98 Å². The van der Waals surface area contributed by atoms with E-state index >= 15 is 0 Å². The fourth-order valence-corrected chi connectivity index (χ4v) is 6.51. The number of methoxy groups -OCH3 is 1. The van der Waals surface area contributed by atoms with Crippen molar-refractivity contribution in [1.29, 1.82) is 0 Å². The highest BCUT2D eigenvalue weighted by Gasteiger charge is 2.30. The van der Waals surface area contributed by atoms with E-state index in [0.717, 1.165) is 61.1 Å². The molecule has 0 atom stereocenters. The summed E-state index contributed by atoms with van der Waals surface area (Å²) < 4.78 is 46.0. The molecule has 4 heterocycles. The van der Waals surface area contributed by atoms with Gasteiger partial charge in [0.15, 0.2) is 0 Å². The summed E-state index contributed by atoms with van der Waals surface area (Å²) in [6.45, 7) is 6.02. The quantitative estimate of drug-likeness (QED) is 0.261. The lowest BCUT2D eigenvalue weighted by Gasteiger charge is -2.34. The van der Waals surface area contributed by atoms with Crippen LogP contribution >= 0.6 is 0 Å². The molecule has 10 heteroatoms. The first-order valence-electron chi connectivity index (χ1n) is 15.2. The van der Waals surface area contributed by atoms with Gasteiger partial charge in [0.1, 0.15) is 0 Å². The molecule has 0 saturated carbocycles. The molecule has 0 spiro atoms. The largest absolute Gasteiger partial charge is 0.481 e. The highest BCUT2D eigenvalue weighted by molar-refractivity contribution is 5.98. The number of piperidine rings is 1. The Labute approximate surface area is 255 Å². The Balaban J connectivity index is 1.04. The first-order chi connectivity index (χ1) is 21.2. The van der Waals surface area contributed by atoms with Gasteiger partial charge in [-0.05, 0) is 73.5 Å². The molecule has 0 bridgehead atoms. The molecular weight excluding hydrogens is 567 g/mol. The standard InChI is InChI=1S/C34H38F3N5O2/c1-39-30-9-6-27(33(43)42-17-15-41(16-18-42)22-24-3-7-29(8-4-24)34(35,36)37)19-28(30)20-31(39)26-11-13-40(14-12-26)23-25-5-10-32(44-2)38-21-25/h3-10,19-21,26H,11-18,22-23H2,1-2H3. The minimum atomic E-state index is -4.33. The van der Waals surface area contributed by atoms with Gasteiger partial charge in [0, 0.05) is 86.7 Å². The average molecular weight is 606 g/mol. The van der Waals surface area contributed by atoms with Crippen LogP contribution in [0.2, 0.25) is 0 Å². The Morgan fingerprint density at radius 1 is 0.864 bits per heavy atom. The van der Waals surface area contributed by atoms with Crippen molar-refractivity contribution in [3.63, 3.8) is 0 Å². The first-order valence-corrected chi connectivity index (χ1v) is 15.2. The highest BCUT2D eigenvalue weighted by Crippen LogP contribution is 2.33. The van der Waals surface area contributed by atoms with Crippen molar-refractivity contribution >= 4 is 16.8 Å². The van der Waals surface area contributed by atoms with Crippen LogP contribution in [0.5, 0.6) is 5.88 Å². The van der Waals surface area contributed by atoms with Crippen LogP contribution in [0.1, 0.15) is 51.5 Å². The van der Waals surface area contributed by atoms with Crippen LogP contribution in [-0.2, 0) is 26.3 Å². The number of nitrogens with zero attached hydrogens (tertiary/aromatic N) is 5. The summed E-state index contributed by atoms with van der Waals surface area (Å²) in [6.07, 6.45) is -0.284. The number of carbonyl (C=O) groups excluding carboxylic acids is 1. The number of fused-ring (bicyclic) bond motifs is 1. The number of aryl methyl sites for hydroxylation is 1. The lowest BCUT2D eigenvalue weighted by atomic mass is 9.93. The number of piperazine rings is 1. The zero-order valence-corrected chi connectivity index (χ0v) is 25.2. The van der Waals surface area contributed by atoms with E-state index in [2.05, 4.69) is 44.6 Å². The molecule has 0 unspecified atom stereocenters. The van der Waals surface area contributed by atoms with E-state index in [-0.39, 0.29) is 5.91 Å². The lowest BCUT2D eigenvalue weighted by molar-refractivity contribution is -0.137. The third kappa shape index (κ3) is 6.61. The van der Waals surface area contributed by atoms with E-state index < -0.39 is 11.7 Å². The molecule has 2 aromatic carbocycles. The van der Waals surface area contributed by atoms with Crippen LogP contribution in [0.4, 0.5) is 13.2 Å². The molecule has 4 aromatic rings. The van der Waals surface area contributed by atoms with Crippen molar-refractivity contribution in [3.05, 3.63) is 94.8 Å². The van der Waals surface area contributed by atoms with Gasteiger partial charge in [0.25, 0.3) is 5.91 Å². The second kappa shape index (κ2) is 12.6. The van der Waals surface area contributed by atoms with Gasteiger partial charge in [0.2, 0.25) is 5.88 Å². The second-order valence-electron chi connectivity index (χ2n) is 11.9. The molecule has 0 radical (unpaired) electrons. The van der Waals surface area contributed by atoms with Crippen LogP contribution in [0.3, 0.4) is 0 Å². The lowest BCUT2D eigenvalue weighted by Crippen LogP contribution is -2.48. The molecule has 2 fully saturated rings. The summed E-state index contributed by atoms with van der Waals surface area (Å²) in [7, 11) is 3.74. The predicted octanol–water partition coefficient (Wildman–Crippen LogP) is 5.94. The molecule has 0 N–H and O–H groups in total. The van der Waals surface area contributed by atoms with Crippen molar-refractivity contribution in [3.8, 4) is 5.88 Å². The molecule has 7 nitrogen and oxygen atoms in total. The van der Waals surface area contributed by atoms with Crippen molar-refractivity contribution in [1.82, 2.24) is 24.3 Å². The Bertz CT molecular complexity index is 1580. The molecule has 2 saturated heterocycles. The molecule has 6 rings (SSSR count). The topological polar surface area (TPSA) is 53.8 Å². The third-order valence-corrected chi connectivity index (χ3v) is 9.09. The van der Waals surface area contributed by atoms with E-state index in [0.29, 0.717) is 50.1 Å². The Hall–Kier alpha value is -3.89. The zero-order chi connectivity index (χ0) is 30.8. The summed E-state index contributed by atoms with van der Waals surface area (Å²) in [5.41, 5.74) is 4.52. The predicted molar refractivity (Wildman–Crippen MR) is 164 cm³/mol. The van der Waals surface area contributed by atoms with E-state index in [9.17, 15) is 18.0 Å². The Morgan fingerprint density at radius 2 is 1.52 bits per heavy atom. The van der Waals surface area contributed by atoms with Crippen molar-refractivity contribution < 1.29 is 22.7 Å². The maximum absolute atomic E-state index is 13.4. The smallest absolute Gasteiger partial charge is 0.416 e. The van der Waals surface area contributed by atoms with Crippen molar-refractivity contribution in [2.75, 3.05) is 46.4 Å². The summed E-state index contributed by atoms with van der Waals surface area (Å²) in [5.74, 6) is 1.12. The number of pyridine rings is 1. The van der Waals surface area contributed by atoms with Crippen LogP contribution < -0.4 is 4.74 Å². The minimum absolute atomic E-state index is 0.0211. The van der Waals surface area contributed by atoms with Gasteiger partial charge < -0.3 is 14.2 Å². The molecule has 1 amide bonds. The van der Waals surface area contributed by atoms with Gasteiger partial charge in [-0.2, -0.15) is 13.2 Å². The third-order valence-electron chi connectivity index (χ3n) is 9.09. The van der Waals surface area contributed by atoms with Gasteiger partial charge >= 0.3 is 6.18 Å². The number of hydrogen-bond donors (Lipinski definition) is 0. The first kappa shape index (κ1) is 30.1. The number of likely N-dealkylation sites (tertiary alicyclic amines) is 1. The monoisotopic (exact) mass is 605 g/mol. The minimum Gasteiger partial charge on any atom is -0.481 e. The van der Waals surface area contributed by atoms with Crippen molar-refractivity contribution in [2.24, 2.45) is 7.05 Å². The van der Waals surface area contributed by atoms with E-state index in [1.165, 1.54) is 23.4 Å². The van der Waals surface area contributed by atoms with Gasteiger partial charge in [-0.3, -0.25) is 14.6 Å². The number of alkyl halides is 3. The average Bonchev–Trinajstić information content (AvgIpc) is 3.37. The number of ether oxygens (including phenoxy) is 1. The molecule has 2 aliphatic rings. The molecule has 0 aliphatic carbocycles. The highest BCUT2D eigenvalue weighted by atomic mass is 19.4. The van der Waals surface area contributed by atoms with Crippen molar-refractivity contribution in [2.45, 2.75) is 38.0 Å².